The molecule has 0 spiro atoms. The fourth-order valence-corrected chi connectivity index (χ4v) is 4.05. The van der Waals surface area contributed by atoms with Crippen LogP contribution in [-0.2, 0) is 4.79 Å². The lowest BCUT2D eigenvalue weighted by molar-refractivity contribution is -0.132. The number of ketones is 1. The van der Waals surface area contributed by atoms with Crippen LogP contribution in [0.1, 0.15) is 31.7 Å². The predicted octanol–water partition coefficient (Wildman–Crippen LogP) is 3.17. The molecule has 2 heterocycles. The van der Waals surface area contributed by atoms with Crippen LogP contribution in [0.15, 0.2) is 22.7 Å². The Morgan fingerprint density at radius 3 is 3.00 bits per heavy atom. The molecule has 1 aromatic carbocycles. The van der Waals surface area contributed by atoms with Crippen LogP contribution in [0.25, 0.3) is 0 Å². The van der Waals surface area contributed by atoms with Gasteiger partial charge in [-0.1, -0.05) is 28.1 Å². The molecule has 100 valence electrons. The molecule has 2 aliphatic rings. The minimum absolute atomic E-state index is 0.0949. The standard InChI is InChI=1S/C14H14BrNO2S/c1-7(17)13-10-6-12(19)16-14(13,2)18-11-4-3-8(15)5-9(10)11/h3-5,10,13H,6H2,1-2H3,(H,16,19)/t10-,13+,14+/m0/s1. The Kier molecular flexibility index (Phi) is 2.94. The van der Waals surface area contributed by atoms with E-state index in [1.807, 2.05) is 25.1 Å². The quantitative estimate of drug-likeness (QED) is 0.797. The van der Waals surface area contributed by atoms with Gasteiger partial charge in [-0.2, -0.15) is 0 Å². The topological polar surface area (TPSA) is 38.3 Å². The predicted molar refractivity (Wildman–Crippen MR) is 80.4 cm³/mol. The molecular weight excluding hydrogens is 326 g/mol. The van der Waals surface area contributed by atoms with E-state index >= 15 is 0 Å². The maximum absolute atomic E-state index is 12.0. The van der Waals surface area contributed by atoms with Crippen molar-refractivity contribution < 1.29 is 9.53 Å². The molecule has 19 heavy (non-hydrogen) atoms. The van der Waals surface area contributed by atoms with E-state index < -0.39 is 5.72 Å². The van der Waals surface area contributed by atoms with E-state index in [9.17, 15) is 4.79 Å². The highest BCUT2D eigenvalue weighted by molar-refractivity contribution is 9.10. The molecule has 5 heteroatoms. The van der Waals surface area contributed by atoms with Gasteiger partial charge in [-0.25, -0.2) is 0 Å². The Balaban J connectivity index is 2.18. The van der Waals surface area contributed by atoms with E-state index in [4.69, 9.17) is 17.0 Å². The molecule has 1 aromatic rings. The first-order chi connectivity index (χ1) is 8.90. The lowest BCUT2D eigenvalue weighted by atomic mass is 9.71. The fraction of sp³-hybridized carbons (Fsp3) is 0.429. The van der Waals surface area contributed by atoms with Gasteiger partial charge in [-0.05, 0) is 37.6 Å². The third kappa shape index (κ3) is 1.99. The molecular formula is C14H14BrNO2S. The molecule has 3 atom stereocenters. The van der Waals surface area contributed by atoms with Crippen LogP contribution < -0.4 is 10.1 Å². The van der Waals surface area contributed by atoms with Gasteiger partial charge in [0.05, 0.1) is 10.9 Å². The zero-order valence-electron chi connectivity index (χ0n) is 10.7. The number of carbonyl (C=O) groups is 1. The van der Waals surface area contributed by atoms with Crippen molar-refractivity contribution in [2.45, 2.75) is 31.9 Å². The number of halogens is 1. The number of rotatable bonds is 1. The summed E-state index contributed by atoms with van der Waals surface area (Å²) in [4.78, 5) is 12.8. The number of hydrogen-bond donors (Lipinski definition) is 1. The van der Waals surface area contributed by atoms with E-state index in [1.54, 1.807) is 6.92 Å². The Morgan fingerprint density at radius 2 is 2.32 bits per heavy atom. The van der Waals surface area contributed by atoms with Crippen LogP contribution in [0, 0.1) is 5.92 Å². The molecule has 0 saturated carbocycles. The highest BCUT2D eigenvalue weighted by Gasteiger charge is 2.53. The summed E-state index contributed by atoms with van der Waals surface area (Å²) < 4.78 is 7.04. The highest BCUT2D eigenvalue weighted by atomic mass is 79.9. The second-order valence-corrected chi connectivity index (χ2v) is 6.75. The van der Waals surface area contributed by atoms with Crippen LogP contribution in [-0.4, -0.2) is 16.5 Å². The largest absolute Gasteiger partial charge is 0.467 e. The van der Waals surface area contributed by atoms with Crippen molar-refractivity contribution in [3.05, 3.63) is 28.2 Å². The average Bonchev–Trinajstić information content (AvgIpc) is 2.28. The zero-order chi connectivity index (χ0) is 13.8. The summed E-state index contributed by atoms with van der Waals surface area (Å²) in [6.45, 7) is 3.53. The van der Waals surface area contributed by atoms with Gasteiger partial charge in [0.2, 0.25) is 0 Å². The van der Waals surface area contributed by atoms with Crippen LogP contribution in [0.3, 0.4) is 0 Å². The fourth-order valence-electron chi connectivity index (χ4n) is 3.29. The Bertz CT molecular complexity index is 589. The lowest BCUT2D eigenvalue weighted by Crippen LogP contribution is -2.64. The summed E-state index contributed by atoms with van der Waals surface area (Å²) in [6.07, 6.45) is 0.696. The smallest absolute Gasteiger partial charge is 0.188 e. The first kappa shape index (κ1) is 13.1. The minimum Gasteiger partial charge on any atom is -0.467 e. The molecule has 1 saturated heterocycles. The molecule has 3 nitrogen and oxygen atoms in total. The van der Waals surface area contributed by atoms with Crippen molar-refractivity contribution >= 4 is 38.9 Å². The Morgan fingerprint density at radius 1 is 1.58 bits per heavy atom. The summed E-state index contributed by atoms with van der Waals surface area (Å²) in [6, 6.07) is 5.92. The van der Waals surface area contributed by atoms with Crippen LogP contribution in [0.2, 0.25) is 0 Å². The Labute approximate surface area is 125 Å². The van der Waals surface area contributed by atoms with Gasteiger partial charge in [0.15, 0.2) is 5.72 Å². The molecule has 0 aliphatic carbocycles. The first-order valence-electron chi connectivity index (χ1n) is 6.20. The summed E-state index contributed by atoms with van der Waals surface area (Å²) in [5.74, 6) is 0.856. The van der Waals surface area contributed by atoms with E-state index in [2.05, 4.69) is 21.2 Å². The number of Topliss-reactive ketones (excluding diaryl/α,β-unsaturated/α-hetero) is 1. The summed E-state index contributed by atoms with van der Waals surface area (Å²) in [5.41, 5.74) is 0.336. The molecule has 1 fully saturated rings. The number of thiocarbonyl (C=S) groups is 1. The van der Waals surface area contributed by atoms with Crippen LogP contribution in [0.5, 0.6) is 5.75 Å². The zero-order valence-corrected chi connectivity index (χ0v) is 13.1. The van der Waals surface area contributed by atoms with Crippen molar-refractivity contribution in [2.24, 2.45) is 5.92 Å². The van der Waals surface area contributed by atoms with Gasteiger partial charge in [0.25, 0.3) is 0 Å². The normalized spacial score (nSPS) is 32.1. The van der Waals surface area contributed by atoms with Crippen molar-refractivity contribution in [1.82, 2.24) is 5.32 Å². The first-order valence-corrected chi connectivity index (χ1v) is 7.41. The van der Waals surface area contributed by atoms with E-state index in [0.29, 0.717) is 6.42 Å². The lowest BCUT2D eigenvalue weighted by Gasteiger charge is -2.50. The maximum atomic E-state index is 12.0. The molecule has 0 unspecified atom stereocenters. The number of carbonyl (C=O) groups excluding carboxylic acids is 1. The van der Waals surface area contributed by atoms with Gasteiger partial charge >= 0.3 is 0 Å². The van der Waals surface area contributed by atoms with Crippen molar-refractivity contribution in [3.63, 3.8) is 0 Å². The van der Waals surface area contributed by atoms with Crippen LogP contribution >= 0.6 is 28.1 Å². The highest BCUT2D eigenvalue weighted by Crippen LogP contribution is 2.49. The average molecular weight is 340 g/mol. The van der Waals surface area contributed by atoms with Gasteiger partial charge in [-0.15, -0.1) is 0 Å². The maximum Gasteiger partial charge on any atom is 0.188 e. The summed E-state index contributed by atoms with van der Waals surface area (Å²) in [5, 5.41) is 3.19. The molecule has 3 rings (SSSR count). The van der Waals surface area contributed by atoms with Crippen LogP contribution in [0.4, 0.5) is 0 Å². The van der Waals surface area contributed by atoms with Gasteiger partial charge in [0.1, 0.15) is 11.5 Å². The second-order valence-electron chi connectivity index (χ2n) is 5.34. The van der Waals surface area contributed by atoms with E-state index in [1.165, 1.54) is 0 Å². The van der Waals surface area contributed by atoms with Gasteiger partial charge < -0.3 is 10.1 Å². The third-order valence-corrected chi connectivity index (χ3v) is 4.68. The van der Waals surface area contributed by atoms with Crippen molar-refractivity contribution in [1.29, 1.82) is 0 Å². The molecule has 0 aromatic heterocycles. The van der Waals surface area contributed by atoms with Gasteiger partial charge in [-0.3, -0.25) is 4.79 Å². The molecule has 2 aliphatic heterocycles. The van der Waals surface area contributed by atoms with Gasteiger partial charge in [0, 0.05) is 16.8 Å². The molecule has 0 amide bonds. The monoisotopic (exact) mass is 339 g/mol. The number of hydrogen-bond acceptors (Lipinski definition) is 3. The number of benzene rings is 1. The molecule has 2 bridgehead atoms. The number of ether oxygens (including phenoxy) is 1. The number of piperidine rings is 1. The van der Waals surface area contributed by atoms with Crippen molar-refractivity contribution in [2.75, 3.05) is 0 Å². The Hall–Kier alpha value is -0.940. The van der Waals surface area contributed by atoms with E-state index in [0.717, 1.165) is 20.8 Å². The SMILES string of the molecule is CC(=O)[C@@H]1[C@H]2CC(=S)N[C@]1(C)Oc1ccc(Br)cc12. The minimum atomic E-state index is -0.730. The third-order valence-electron chi connectivity index (χ3n) is 3.92. The number of fused-ring (bicyclic) bond motifs is 4. The molecule has 0 radical (unpaired) electrons. The van der Waals surface area contributed by atoms with Crippen molar-refractivity contribution in [3.8, 4) is 5.75 Å². The molecule has 1 N–H and O–H groups in total. The summed E-state index contributed by atoms with van der Waals surface area (Å²) >= 11 is 8.80. The number of nitrogens with one attached hydrogen (secondary N) is 1. The second kappa shape index (κ2) is 4.28. The van der Waals surface area contributed by atoms with E-state index in [-0.39, 0.29) is 17.6 Å². The summed E-state index contributed by atoms with van der Waals surface area (Å²) in [7, 11) is 0.